The van der Waals surface area contributed by atoms with Gasteiger partial charge in [0.05, 0.1) is 0 Å². The average Bonchev–Trinajstić information content (AvgIpc) is 3.19. The zero-order valence-corrected chi connectivity index (χ0v) is 37.2. The summed E-state index contributed by atoms with van der Waals surface area (Å²) in [5, 5.41) is 0. The largest absolute Gasteiger partial charge is 0.462 e. The van der Waals surface area contributed by atoms with Crippen molar-refractivity contribution in [3.8, 4) is 0 Å². The van der Waals surface area contributed by atoms with Gasteiger partial charge in [-0.15, -0.1) is 0 Å². The highest BCUT2D eigenvalue weighted by Gasteiger charge is 2.19. The van der Waals surface area contributed by atoms with Gasteiger partial charge in [-0.1, -0.05) is 198 Å². The van der Waals surface area contributed by atoms with E-state index in [-0.39, 0.29) is 31.1 Å². The Labute approximate surface area is 346 Å². The highest BCUT2D eigenvalue weighted by molar-refractivity contribution is 5.71. The summed E-state index contributed by atoms with van der Waals surface area (Å²) < 4.78 is 16.7. The quantitative estimate of drug-likeness (QED) is 0.0201. The molecule has 6 nitrogen and oxygen atoms in total. The molecule has 0 radical (unpaired) electrons. The molecule has 56 heavy (non-hydrogen) atoms. The van der Waals surface area contributed by atoms with Crippen molar-refractivity contribution in [3.05, 3.63) is 36.5 Å². The first-order valence-electron chi connectivity index (χ1n) is 24.0. The smallest absolute Gasteiger partial charge is 0.306 e. The van der Waals surface area contributed by atoms with Crippen molar-refractivity contribution in [3.63, 3.8) is 0 Å². The van der Waals surface area contributed by atoms with Crippen molar-refractivity contribution in [2.24, 2.45) is 0 Å². The van der Waals surface area contributed by atoms with Crippen molar-refractivity contribution in [1.82, 2.24) is 0 Å². The van der Waals surface area contributed by atoms with Crippen LogP contribution in [0.5, 0.6) is 0 Å². The highest BCUT2D eigenvalue weighted by Crippen LogP contribution is 2.14. The standard InChI is InChI=1S/C50H90O6/c1-4-7-10-13-16-19-22-24-25-26-27-29-31-34-37-40-43-49(52)55-46-47(45-54-48(51)42-39-36-33-30-21-18-15-12-9-6-3)56-50(53)44-41-38-35-32-28-23-20-17-14-11-8-5-2/h15,18,25-27,29,47H,4-14,16-17,19-24,28,30-46H2,1-3H3/b18-15-,26-25-,29-27-. The molecule has 0 heterocycles. The molecule has 0 N–H and O–H groups in total. The zero-order valence-electron chi connectivity index (χ0n) is 37.2. The molecule has 0 aliphatic carbocycles. The summed E-state index contributed by atoms with van der Waals surface area (Å²) in [5.74, 6) is -0.920. The Hall–Kier alpha value is -2.37. The molecule has 6 heteroatoms. The molecule has 0 aromatic carbocycles. The van der Waals surface area contributed by atoms with Crippen LogP contribution in [-0.4, -0.2) is 37.2 Å². The van der Waals surface area contributed by atoms with E-state index in [1.807, 2.05) is 0 Å². The zero-order chi connectivity index (χ0) is 40.8. The van der Waals surface area contributed by atoms with Gasteiger partial charge in [0.15, 0.2) is 6.10 Å². The Bertz CT molecular complexity index is 953. The van der Waals surface area contributed by atoms with E-state index in [0.29, 0.717) is 19.3 Å². The van der Waals surface area contributed by atoms with Crippen LogP contribution in [0.4, 0.5) is 0 Å². The molecule has 0 aliphatic heterocycles. The second kappa shape index (κ2) is 45.3. The molecule has 0 amide bonds. The summed E-state index contributed by atoms with van der Waals surface area (Å²) in [4.78, 5) is 37.7. The third-order valence-electron chi connectivity index (χ3n) is 10.4. The van der Waals surface area contributed by atoms with Crippen molar-refractivity contribution in [2.45, 2.75) is 252 Å². The van der Waals surface area contributed by atoms with Crippen LogP contribution < -0.4 is 0 Å². The number of allylic oxidation sites excluding steroid dienone is 6. The topological polar surface area (TPSA) is 78.9 Å². The Morgan fingerprint density at radius 2 is 0.661 bits per heavy atom. The van der Waals surface area contributed by atoms with Crippen molar-refractivity contribution < 1.29 is 28.6 Å². The lowest BCUT2D eigenvalue weighted by Crippen LogP contribution is -2.30. The minimum Gasteiger partial charge on any atom is -0.462 e. The van der Waals surface area contributed by atoms with E-state index in [1.165, 1.54) is 116 Å². The van der Waals surface area contributed by atoms with E-state index in [0.717, 1.165) is 89.9 Å². The van der Waals surface area contributed by atoms with Crippen molar-refractivity contribution in [2.75, 3.05) is 13.2 Å². The molecule has 0 aromatic rings. The molecule has 0 saturated carbocycles. The number of carbonyl (C=O) groups is 3. The predicted molar refractivity (Wildman–Crippen MR) is 238 cm³/mol. The van der Waals surface area contributed by atoms with E-state index in [9.17, 15) is 14.4 Å². The van der Waals surface area contributed by atoms with Crippen LogP contribution in [0.3, 0.4) is 0 Å². The maximum absolute atomic E-state index is 12.7. The van der Waals surface area contributed by atoms with Gasteiger partial charge in [0, 0.05) is 19.3 Å². The summed E-state index contributed by atoms with van der Waals surface area (Å²) >= 11 is 0. The van der Waals surface area contributed by atoms with E-state index >= 15 is 0 Å². The predicted octanol–water partition coefficient (Wildman–Crippen LogP) is 15.4. The average molecular weight is 787 g/mol. The van der Waals surface area contributed by atoms with Gasteiger partial charge in [0.2, 0.25) is 0 Å². The minimum absolute atomic E-state index is 0.0846. The monoisotopic (exact) mass is 787 g/mol. The molecule has 0 rings (SSSR count). The van der Waals surface area contributed by atoms with Gasteiger partial charge < -0.3 is 14.2 Å². The van der Waals surface area contributed by atoms with Gasteiger partial charge in [0.25, 0.3) is 0 Å². The fourth-order valence-corrected chi connectivity index (χ4v) is 6.71. The number of esters is 3. The molecule has 0 spiro atoms. The van der Waals surface area contributed by atoms with Gasteiger partial charge in [-0.05, 0) is 64.2 Å². The first-order chi connectivity index (χ1) is 27.5. The van der Waals surface area contributed by atoms with Crippen LogP contribution in [0.1, 0.15) is 245 Å². The van der Waals surface area contributed by atoms with Crippen molar-refractivity contribution in [1.29, 1.82) is 0 Å². The number of hydrogen-bond donors (Lipinski definition) is 0. The second-order valence-corrected chi connectivity index (χ2v) is 16.0. The summed E-state index contributed by atoms with van der Waals surface area (Å²) in [6.07, 6.45) is 51.3. The van der Waals surface area contributed by atoms with Crippen molar-refractivity contribution >= 4 is 17.9 Å². The van der Waals surface area contributed by atoms with Crippen LogP contribution >= 0.6 is 0 Å². The van der Waals surface area contributed by atoms with E-state index in [4.69, 9.17) is 14.2 Å². The van der Waals surface area contributed by atoms with Gasteiger partial charge in [-0.2, -0.15) is 0 Å². The summed E-state index contributed by atoms with van der Waals surface area (Å²) in [7, 11) is 0. The molecule has 0 saturated heterocycles. The molecular weight excluding hydrogens is 697 g/mol. The molecule has 1 atom stereocenters. The maximum atomic E-state index is 12.7. The van der Waals surface area contributed by atoms with E-state index in [2.05, 4.69) is 57.2 Å². The SMILES string of the molecule is CCCC/C=C\CCCCCCC(=O)OCC(COC(=O)CCCCC/C=C\C=C/CCCCCCCCC)OC(=O)CCCCCCCCCCCCCC. The fraction of sp³-hybridized carbons (Fsp3) is 0.820. The first-order valence-corrected chi connectivity index (χ1v) is 24.0. The molecule has 0 bridgehead atoms. The lowest BCUT2D eigenvalue weighted by Gasteiger charge is -2.18. The Morgan fingerprint density at radius 1 is 0.357 bits per heavy atom. The number of hydrogen-bond acceptors (Lipinski definition) is 6. The molecule has 0 fully saturated rings. The number of unbranched alkanes of at least 4 members (excludes halogenated alkanes) is 27. The van der Waals surface area contributed by atoms with Crippen LogP contribution in [0, 0.1) is 0 Å². The molecule has 1 unspecified atom stereocenters. The van der Waals surface area contributed by atoms with Crippen LogP contribution in [0.15, 0.2) is 36.5 Å². The number of ether oxygens (including phenoxy) is 3. The lowest BCUT2D eigenvalue weighted by molar-refractivity contribution is -0.167. The normalized spacial score (nSPS) is 12.3. The minimum atomic E-state index is -0.781. The number of carbonyl (C=O) groups excluding carboxylic acids is 3. The van der Waals surface area contributed by atoms with Crippen LogP contribution in [0.2, 0.25) is 0 Å². The first kappa shape index (κ1) is 53.6. The third kappa shape index (κ3) is 42.8. The van der Waals surface area contributed by atoms with Crippen LogP contribution in [-0.2, 0) is 28.6 Å². The number of rotatable bonds is 43. The molecule has 326 valence electrons. The Kier molecular flexibility index (Phi) is 43.4. The van der Waals surface area contributed by atoms with Gasteiger partial charge in [-0.3, -0.25) is 14.4 Å². The highest BCUT2D eigenvalue weighted by atomic mass is 16.6. The lowest BCUT2D eigenvalue weighted by atomic mass is 10.0. The molecule has 0 aliphatic rings. The Morgan fingerprint density at radius 3 is 1.07 bits per heavy atom. The Balaban J connectivity index is 4.39. The second-order valence-electron chi connectivity index (χ2n) is 16.0. The summed E-state index contributed by atoms with van der Waals surface area (Å²) in [6.45, 7) is 6.55. The molecular formula is C50H90O6. The maximum Gasteiger partial charge on any atom is 0.306 e. The third-order valence-corrected chi connectivity index (χ3v) is 10.4. The van der Waals surface area contributed by atoms with Gasteiger partial charge in [0.1, 0.15) is 13.2 Å². The molecule has 0 aromatic heterocycles. The van der Waals surface area contributed by atoms with Crippen LogP contribution in [0.25, 0.3) is 0 Å². The van der Waals surface area contributed by atoms with Gasteiger partial charge >= 0.3 is 17.9 Å². The summed E-state index contributed by atoms with van der Waals surface area (Å²) in [5.41, 5.74) is 0. The van der Waals surface area contributed by atoms with E-state index in [1.54, 1.807) is 0 Å². The fourth-order valence-electron chi connectivity index (χ4n) is 6.71. The van der Waals surface area contributed by atoms with E-state index < -0.39 is 6.10 Å². The summed E-state index contributed by atoms with van der Waals surface area (Å²) in [6, 6.07) is 0. The van der Waals surface area contributed by atoms with Gasteiger partial charge in [-0.25, -0.2) is 0 Å².